The molecule has 0 bridgehead atoms. The van der Waals surface area contributed by atoms with Crippen LogP contribution in [0.2, 0.25) is 0 Å². The van der Waals surface area contributed by atoms with Gasteiger partial charge in [0.05, 0.1) is 0 Å². The zero-order valence-corrected chi connectivity index (χ0v) is 23.2. The fraction of sp³-hybridized carbons (Fsp3) is 0.290. The molecule has 1 spiro atoms. The minimum absolute atomic E-state index is 0.116. The van der Waals surface area contributed by atoms with Gasteiger partial charge in [0.25, 0.3) is 11.8 Å². The molecule has 2 atom stereocenters. The number of hydrogen-bond donors (Lipinski definition) is 1. The Balaban J connectivity index is 1.37. The van der Waals surface area contributed by atoms with Crippen molar-refractivity contribution in [1.29, 1.82) is 0 Å². The highest BCUT2D eigenvalue weighted by atomic mass is 19.4. The maximum atomic E-state index is 13.7. The lowest BCUT2D eigenvalue weighted by Gasteiger charge is -2.32. The van der Waals surface area contributed by atoms with Gasteiger partial charge in [0, 0.05) is 31.1 Å². The van der Waals surface area contributed by atoms with Crippen LogP contribution in [0.4, 0.5) is 17.6 Å². The van der Waals surface area contributed by atoms with Gasteiger partial charge in [0.2, 0.25) is 11.5 Å². The van der Waals surface area contributed by atoms with E-state index in [9.17, 15) is 36.7 Å². The molecule has 1 aliphatic heterocycles. The molecule has 8 nitrogen and oxygen atoms in total. The van der Waals surface area contributed by atoms with E-state index in [0.717, 1.165) is 35.1 Å². The van der Waals surface area contributed by atoms with Crippen LogP contribution in [0.3, 0.4) is 0 Å². The van der Waals surface area contributed by atoms with Gasteiger partial charge < -0.3 is 19.9 Å². The van der Waals surface area contributed by atoms with E-state index < -0.39 is 61.1 Å². The Hall–Kier alpha value is -4.58. The smallest absolute Gasteiger partial charge is 0.355 e. The van der Waals surface area contributed by atoms with Crippen molar-refractivity contribution in [2.45, 2.75) is 37.7 Å². The third kappa shape index (κ3) is 5.50. The molecule has 43 heavy (non-hydrogen) atoms. The van der Waals surface area contributed by atoms with Crippen molar-refractivity contribution in [3.63, 3.8) is 0 Å². The molecule has 5 rings (SSSR count). The zero-order chi connectivity index (χ0) is 31.1. The number of nitrogens with one attached hydrogen (secondary N) is 1. The predicted molar refractivity (Wildman–Crippen MR) is 146 cm³/mol. The third-order valence-corrected chi connectivity index (χ3v) is 7.81. The van der Waals surface area contributed by atoms with E-state index in [0.29, 0.717) is 21.6 Å². The van der Waals surface area contributed by atoms with Crippen LogP contribution in [0.1, 0.15) is 34.0 Å². The molecule has 0 aromatic heterocycles. The van der Waals surface area contributed by atoms with Gasteiger partial charge in [-0.1, -0.05) is 42.5 Å². The average Bonchev–Trinajstić information content (AvgIpc) is 3.46. The molecule has 224 valence electrons. The van der Waals surface area contributed by atoms with Crippen LogP contribution in [0.5, 0.6) is 0 Å². The lowest BCUT2D eigenvalue weighted by Crippen LogP contribution is -2.51. The summed E-state index contributed by atoms with van der Waals surface area (Å²) in [7, 11) is 1.53. The summed E-state index contributed by atoms with van der Waals surface area (Å²) in [6, 6.07) is 14.4. The number of alkyl halides is 3. The first-order valence-corrected chi connectivity index (χ1v) is 13.4. The van der Waals surface area contributed by atoms with Crippen LogP contribution in [-0.2, 0) is 37.7 Å². The number of fused-ring (bicyclic) bond motifs is 2. The minimum Gasteiger partial charge on any atom is -0.355 e. The van der Waals surface area contributed by atoms with Gasteiger partial charge in [-0.3, -0.25) is 19.2 Å². The number of ether oxygens (including phenoxy) is 1. The number of Topliss-reactive ketones (excluding diaryl/α,β-unsaturated/α-hetero) is 1. The highest BCUT2D eigenvalue weighted by Gasteiger charge is 2.59. The molecule has 1 aliphatic carbocycles. The normalized spacial score (nSPS) is 18.6. The first-order valence-electron chi connectivity index (χ1n) is 13.4. The van der Waals surface area contributed by atoms with Gasteiger partial charge in [0.1, 0.15) is 25.1 Å². The van der Waals surface area contributed by atoms with Crippen molar-refractivity contribution in [2.75, 3.05) is 20.3 Å². The van der Waals surface area contributed by atoms with Crippen LogP contribution >= 0.6 is 0 Å². The number of carbonyl (C=O) groups excluding carboxylic acids is 4. The Bertz CT molecular complexity index is 1590. The van der Waals surface area contributed by atoms with Gasteiger partial charge >= 0.3 is 6.18 Å². The predicted octanol–water partition coefficient (Wildman–Crippen LogP) is 3.97. The lowest BCUT2D eigenvalue weighted by atomic mass is 9.92. The largest absolute Gasteiger partial charge is 0.408 e. The summed E-state index contributed by atoms with van der Waals surface area (Å²) in [6.07, 6.45) is -4.88. The molecule has 12 heteroatoms. The van der Waals surface area contributed by atoms with E-state index in [4.69, 9.17) is 4.74 Å². The summed E-state index contributed by atoms with van der Waals surface area (Å²) in [4.78, 5) is 53.4. The highest BCUT2D eigenvalue weighted by molar-refractivity contribution is 6.15. The van der Waals surface area contributed by atoms with Crippen LogP contribution in [0.15, 0.2) is 66.7 Å². The van der Waals surface area contributed by atoms with Gasteiger partial charge in [0.15, 0.2) is 5.78 Å². The van der Waals surface area contributed by atoms with E-state index in [1.165, 1.54) is 19.2 Å². The molecular formula is C31H27F4N3O5. The van der Waals surface area contributed by atoms with Crippen LogP contribution < -0.4 is 5.32 Å². The van der Waals surface area contributed by atoms with E-state index >= 15 is 0 Å². The second-order valence-electron chi connectivity index (χ2n) is 10.5. The molecule has 1 fully saturated rings. The molecule has 0 unspecified atom stereocenters. The molecule has 0 saturated carbocycles. The maximum Gasteiger partial charge on any atom is 0.408 e. The fourth-order valence-corrected chi connectivity index (χ4v) is 5.36. The summed E-state index contributed by atoms with van der Waals surface area (Å²) in [6.45, 7) is -0.863. The Morgan fingerprint density at radius 3 is 2.30 bits per heavy atom. The number of halogens is 4. The molecule has 3 aromatic carbocycles. The minimum atomic E-state index is -4.76. The molecule has 3 aromatic rings. The van der Waals surface area contributed by atoms with Crippen molar-refractivity contribution in [3.05, 3.63) is 94.8 Å². The molecule has 1 heterocycles. The monoisotopic (exact) mass is 597 g/mol. The molecule has 3 amide bonds. The Morgan fingerprint density at radius 2 is 1.67 bits per heavy atom. The second kappa shape index (κ2) is 11.3. The number of amides is 3. The van der Waals surface area contributed by atoms with Crippen molar-refractivity contribution < 1.29 is 41.5 Å². The first-order chi connectivity index (χ1) is 20.3. The number of nitrogens with zero attached hydrogens (tertiary/aromatic N) is 2. The Morgan fingerprint density at radius 1 is 1.02 bits per heavy atom. The van der Waals surface area contributed by atoms with Crippen LogP contribution in [-0.4, -0.2) is 65.8 Å². The standard InChI is InChI=1S/C31H27F4N3O5/c1-18(31(33,34)35)38(15-19-3-10-24(32)11-4-19)27(40)16-37-17-43-30(29(37)42)25-12-9-22(13-23(25)14-26(30)39)20-5-7-21(8-6-20)28(41)36-2/h3-13,18H,14-17H2,1-2H3,(H,36,41)/t18-,30+/m0/s1. The molecule has 0 radical (unpaired) electrons. The summed E-state index contributed by atoms with van der Waals surface area (Å²) in [5, 5.41) is 2.54. The van der Waals surface area contributed by atoms with Crippen LogP contribution in [0.25, 0.3) is 11.1 Å². The zero-order valence-electron chi connectivity index (χ0n) is 23.2. The average molecular weight is 598 g/mol. The van der Waals surface area contributed by atoms with Gasteiger partial charge in [-0.15, -0.1) is 0 Å². The quantitative estimate of drug-likeness (QED) is 0.329. The van der Waals surface area contributed by atoms with E-state index in [2.05, 4.69) is 5.32 Å². The lowest BCUT2D eigenvalue weighted by molar-refractivity contribution is -0.187. The van der Waals surface area contributed by atoms with Gasteiger partial charge in [-0.25, -0.2) is 4.39 Å². The third-order valence-electron chi connectivity index (χ3n) is 7.81. The molecule has 2 aliphatic rings. The molecular weight excluding hydrogens is 570 g/mol. The summed E-state index contributed by atoms with van der Waals surface area (Å²) < 4.78 is 60.1. The number of hydrogen-bond acceptors (Lipinski definition) is 5. The van der Waals surface area contributed by atoms with Crippen molar-refractivity contribution in [2.24, 2.45) is 0 Å². The topological polar surface area (TPSA) is 96.0 Å². The molecule has 1 saturated heterocycles. The SMILES string of the molecule is CNC(=O)c1ccc(-c2ccc3c(c2)CC(=O)[C@]32OCN(CC(=O)N(Cc3ccc(F)cc3)[C@@H](C)C(F)(F)F)C2=O)cc1. The number of benzene rings is 3. The summed E-state index contributed by atoms with van der Waals surface area (Å²) in [5.74, 6) is -3.19. The Labute approximate surface area is 244 Å². The summed E-state index contributed by atoms with van der Waals surface area (Å²) >= 11 is 0. The van der Waals surface area contributed by atoms with E-state index in [1.54, 1.807) is 42.5 Å². The van der Waals surface area contributed by atoms with Gasteiger partial charge in [-0.2, -0.15) is 13.2 Å². The number of rotatable bonds is 7. The maximum absolute atomic E-state index is 13.7. The van der Waals surface area contributed by atoms with Crippen molar-refractivity contribution in [3.8, 4) is 11.1 Å². The van der Waals surface area contributed by atoms with Crippen molar-refractivity contribution in [1.82, 2.24) is 15.1 Å². The number of carbonyl (C=O) groups is 4. The summed E-state index contributed by atoms with van der Waals surface area (Å²) in [5.41, 5.74) is 1.12. The van der Waals surface area contributed by atoms with E-state index in [1.807, 2.05) is 0 Å². The highest BCUT2D eigenvalue weighted by Crippen LogP contribution is 2.43. The second-order valence-corrected chi connectivity index (χ2v) is 10.5. The van der Waals surface area contributed by atoms with Gasteiger partial charge in [-0.05, 0) is 53.4 Å². The molecule has 1 N–H and O–H groups in total. The Kier molecular flexibility index (Phi) is 7.82. The van der Waals surface area contributed by atoms with Crippen molar-refractivity contribution >= 4 is 23.5 Å². The fourth-order valence-electron chi connectivity index (χ4n) is 5.36. The van der Waals surface area contributed by atoms with E-state index in [-0.39, 0.29) is 17.9 Å². The first kappa shape index (κ1) is 29.9. The number of ketones is 1. The van der Waals surface area contributed by atoms with Crippen LogP contribution in [0, 0.1) is 5.82 Å².